The van der Waals surface area contributed by atoms with E-state index in [1.165, 1.54) is 12.8 Å². The molecule has 2 saturated carbocycles. The van der Waals surface area contributed by atoms with Gasteiger partial charge in [-0.3, -0.25) is 0 Å². The first-order valence-corrected chi connectivity index (χ1v) is 15.5. The van der Waals surface area contributed by atoms with Gasteiger partial charge in [0.25, 0.3) is 0 Å². The second-order valence-electron chi connectivity index (χ2n) is 13.1. The van der Waals surface area contributed by atoms with Gasteiger partial charge in [-0.2, -0.15) is 0 Å². The molecule has 0 bridgehead atoms. The van der Waals surface area contributed by atoms with Crippen molar-refractivity contribution >= 4 is 11.9 Å². The van der Waals surface area contributed by atoms with Gasteiger partial charge in [0.05, 0.1) is 25.4 Å². The lowest BCUT2D eigenvalue weighted by Gasteiger charge is -2.37. The lowest BCUT2D eigenvalue weighted by Crippen LogP contribution is -2.36. The van der Waals surface area contributed by atoms with Crippen molar-refractivity contribution in [2.45, 2.75) is 105 Å². The van der Waals surface area contributed by atoms with Gasteiger partial charge in [-0.15, -0.1) is 24.7 Å². The summed E-state index contributed by atoms with van der Waals surface area (Å²) in [5.41, 5.74) is 0. The van der Waals surface area contributed by atoms with E-state index in [0.717, 1.165) is 25.7 Å². The maximum Gasteiger partial charge on any atom is 0.332 e. The fraction of sp³-hybridized carbons (Fsp3) is 0.824. The molecule has 0 heterocycles. The van der Waals surface area contributed by atoms with E-state index in [0.29, 0.717) is 48.3 Å². The molecular formula is C34H54O6. The Kier molecular flexibility index (Phi) is 15.1. The Morgan fingerprint density at radius 2 is 1.07 bits per heavy atom. The van der Waals surface area contributed by atoms with E-state index < -0.39 is 11.9 Å². The molecule has 0 radical (unpaired) electrons. The van der Waals surface area contributed by atoms with E-state index >= 15 is 0 Å². The van der Waals surface area contributed by atoms with Crippen LogP contribution < -0.4 is 0 Å². The minimum atomic E-state index is -0.408. The quantitative estimate of drug-likeness (QED) is 0.173. The summed E-state index contributed by atoms with van der Waals surface area (Å²) in [6.07, 6.45) is 18.7. The molecule has 0 aromatic carbocycles. The summed E-state index contributed by atoms with van der Waals surface area (Å²) in [5.74, 6) is 7.17. The van der Waals surface area contributed by atoms with Gasteiger partial charge in [-0.1, -0.05) is 54.4 Å². The van der Waals surface area contributed by atoms with Crippen molar-refractivity contribution in [3.8, 4) is 24.7 Å². The number of carbonyl (C=O) groups excluding carboxylic acids is 2. The zero-order chi connectivity index (χ0) is 29.7. The van der Waals surface area contributed by atoms with Gasteiger partial charge in [-0.25, -0.2) is 9.59 Å². The average molecular weight is 559 g/mol. The first-order chi connectivity index (χ1) is 19.0. The number of terminal acetylenes is 2. The van der Waals surface area contributed by atoms with Gasteiger partial charge in [0.2, 0.25) is 0 Å². The normalized spacial score (nSPS) is 28.4. The highest BCUT2D eigenvalue weighted by atomic mass is 16.6. The number of carbonyl (C=O) groups is 2. The van der Waals surface area contributed by atoms with Gasteiger partial charge in [0.15, 0.2) is 0 Å². The van der Waals surface area contributed by atoms with Crippen molar-refractivity contribution in [1.82, 2.24) is 0 Å². The monoisotopic (exact) mass is 558 g/mol. The summed E-state index contributed by atoms with van der Waals surface area (Å²) in [6.45, 7) is 13.4. The highest BCUT2D eigenvalue weighted by Crippen LogP contribution is 2.36. The molecule has 6 heteroatoms. The molecule has 40 heavy (non-hydrogen) atoms. The van der Waals surface area contributed by atoms with Crippen LogP contribution in [0.1, 0.15) is 92.9 Å². The third-order valence-electron chi connectivity index (χ3n) is 9.10. The van der Waals surface area contributed by atoms with Gasteiger partial charge in [-0.05, 0) is 61.2 Å². The van der Waals surface area contributed by atoms with Crippen molar-refractivity contribution in [1.29, 1.82) is 0 Å². The molecule has 8 atom stereocenters. The average Bonchev–Trinajstić information content (AvgIpc) is 2.90. The van der Waals surface area contributed by atoms with Gasteiger partial charge in [0, 0.05) is 24.7 Å². The summed E-state index contributed by atoms with van der Waals surface area (Å²) in [6, 6.07) is 0. The fourth-order valence-corrected chi connectivity index (χ4v) is 6.47. The van der Waals surface area contributed by atoms with E-state index in [9.17, 15) is 9.59 Å². The van der Waals surface area contributed by atoms with Crippen LogP contribution in [0.3, 0.4) is 0 Å². The molecule has 0 aromatic rings. The van der Waals surface area contributed by atoms with E-state index in [1.807, 2.05) is 0 Å². The van der Waals surface area contributed by atoms with Crippen molar-refractivity contribution in [3.05, 3.63) is 0 Å². The lowest BCUT2D eigenvalue weighted by atomic mass is 9.75. The summed E-state index contributed by atoms with van der Waals surface area (Å²) in [5, 5.41) is 0. The summed E-state index contributed by atoms with van der Waals surface area (Å²) >= 11 is 0. The molecule has 0 aliphatic heterocycles. The maximum atomic E-state index is 12.6. The van der Waals surface area contributed by atoms with E-state index in [1.54, 1.807) is 0 Å². The second kappa shape index (κ2) is 17.7. The van der Waals surface area contributed by atoms with E-state index in [4.69, 9.17) is 31.8 Å². The number of hydrogen-bond acceptors (Lipinski definition) is 6. The molecular weight excluding hydrogens is 504 g/mol. The zero-order valence-corrected chi connectivity index (χ0v) is 25.9. The third kappa shape index (κ3) is 11.5. The second-order valence-corrected chi connectivity index (χ2v) is 13.1. The van der Waals surface area contributed by atoms with E-state index in [2.05, 4.69) is 53.4 Å². The number of hydrogen-bond donors (Lipinski definition) is 0. The topological polar surface area (TPSA) is 71.1 Å². The molecule has 0 N–H and O–H groups in total. The first kappa shape index (κ1) is 34.2. The van der Waals surface area contributed by atoms with Crippen LogP contribution in [0, 0.1) is 72.0 Å². The molecule has 0 saturated heterocycles. The van der Waals surface area contributed by atoms with Gasteiger partial charge < -0.3 is 18.9 Å². The number of rotatable bonds is 15. The molecule has 2 aliphatic carbocycles. The molecule has 6 nitrogen and oxygen atoms in total. The highest BCUT2D eigenvalue weighted by molar-refractivity contribution is 5.71. The van der Waals surface area contributed by atoms with Crippen LogP contribution in [0.15, 0.2) is 0 Å². The first-order valence-electron chi connectivity index (χ1n) is 15.5. The molecule has 0 aromatic heterocycles. The molecule has 2 aliphatic rings. The van der Waals surface area contributed by atoms with Crippen molar-refractivity contribution in [2.75, 3.05) is 26.4 Å². The molecule has 2 rings (SSSR count). The number of ether oxygens (including phenoxy) is 4. The van der Waals surface area contributed by atoms with Crippen LogP contribution in [-0.4, -0.2) is 50.6 Å². The predicted octanol–water partition coefficient (Wildman–Crippen LogP) is 6.31. The molecule has 0 spiro atoms. The lowest BCUT2D eigenvalue weighted by molar-refractivity contribution is -0.159. The largest absolute Gasteiger partial charge is 0.464 e. The molecule has 2 fully saturated rings. The smallest absolute Gasteiger partial charge is 0.332 e. The predicted molar refractivity (Wildman–Crippen MR) is 158 cm³/mol. The van der Waals surface area contributed by atoms with Crippen molar-refractivity contribution < 1.29 is 28.5 Å². The minimum Gasteiger partial charge on any atom is -0.464 e. The summed E-state index contributed by atoms with van der Waals surface area (Å²) in [4.78, 5) is 25.2. The molecule has 0 amide bonds. The van der Waals surface area contributed by atoms with Crippen molar-refractivity contribution in [3.63, 3.8) is 0 Å². The summed E-state index contributed by atoms with van der Waals surface area (Å²) in [7, 11) is 0. The Bertz CT molecular complexity index is 781. The molecule has 226 valence electrons. The van der Waals surface area contributed by atoms with Crippen LogP contribution in [0.5, 0.6) is 0 Å². The van der Waals surface area contributed by atoms with Crippen LogP contribution >= 0.6 is 0 Å². The zero-order valence-electron chi connectivity index (χ0n) is 25.9. The standard InChI is InChI=1S/C34H54O6/c1-9-11-27(19-39-33(35)21-37-31-17-25(7)13-15-29(31)23(3)4)28(12-10-2)20-40-34(36)22-38-32-18-26(8)14-16-30(32)24(5)6/h1-2,23-32H,11-22H2,3-8H3/t25?,26?,27-,28-,29?,30?,31?,32?/m1/s1. The van der Waals surface area contributed by atoms with Crippen LogP contribution in [0.4, 0.5) is 0 Å². The maximum absolute atomic E-state index is 12.6. The van der Waals surface area contributed by atoms with Crippen molar-refractivity contribution in [2.24, 2.45) is 47.3 Å². The Labute approximate surface area is 244 Å². The Balaban J connectivity index is 1.84. The SMILES string of the molecule is C#CC[C@H](COC(=O)COC1CC(C)CCC1C(C)C)[C@H](CC#C)COC(=O)COC1CC(C)CCC1C(C)C. The van der Waals surface area contributed by atoms with Crippen LogP contribution in [0.2, 0.25) is 0 Å². The Morgan fingerprint density at radius 3 is 1.40 bits per heavy atom. The highest BCUT2D eigenvalue weighted by Gasteiger charge is 2.33. The van der Waals surface area contributed by atoms with Gasteiger partial charge in [0.1, 0.15) is 13.2 Å². The fourth-order valence-electron chi connectivity index (χ4n) is 6.47. The minimum absolute atomic E-state index is 0.0706. The van der Waals surface area contributed by atoms with Gasteiger partial charge >= 0.3 is 11.9 Å². The van der Waals surface area contributed by atoms with Crippen LogP contribution in [0.25, 0.3) is 0 Å². The Hall–Kier alpha value is -2.02. The third-order valence-corrected chi connectivity index (χ3v) is 9.10. The molecule has 6 unspecified atom stereocenters. The summed E-state index contributed by atoms with van der Waals surface area (Å²) < 4.78 is 23.3. The van der Waals surface area contributed by atoms with Crippen LogP contribution in [-0.2, 0) is 28.5 Å². The number of esters is 2. The van der Waals surface area contributed by atoms with E-state index in [-0.39, 0.29) is 50.5 Å². The Morgan fingerprint density at radius 1 is 0.700 bits per heavy atom.